The Balaban J connectivity index is 2.23. The van der Waals surface area contributed by atoms with E-state index in [4.69, 9.17) is 4.74 Å². The van der Waals surface area contributed by atoms with E-state index in [-0.39, 0.29) is 5.75 Å². The van der Waals surface area contributed by atoms with E-state index in [1.165, 1.54) is 0 Å². The SMILES string of the molecule is Cc1cc(OC(=O)c2ccccc2)cc(C)c1O. The van der Waals surface area contributed by atoms with E-state index in [9.17, 15) is 9.90 Å². The van der Waals surface area contributed by atoms with Crippen molar-refractivity contribution in [1.29, 1.82) is 0 Å². The van der Waals surface area contributed by atoms with Gasteiger partial charge in [-0.25, -0.2) is 4.79 Å². The minimum atomic E-state index is -0.403. The first-order chi connectivity index (χ1) is 8.58. The van der Waals surface area contributed by atoms with Gasteiger partial charge in [0.15, 0.2) is 0 Å². The number of carbonyl (C=O) groups excluding carboxylic acids is 1. The largest absolute Gasteiger partial charge is 0.507 e. The molecule has 0 amide bonds. The number of phenols is 1. The predicted octanol–water partition coefficient (Wildman–Crippen LogP) is 3.23. The first kappa shape index (κ1) is 12.2. The van der Waals surface area contributed by atoms with Gasteiger partial charge in [0.2, 0.25) is 0 Å². The lowest BCUT2D eigenvalue weighted by Crippen LogP contribution is -2.08. The normalized spacial score (nSPS) is 10.1. The molecule has 0 aromatic heterocycles. The van der Waals surface area contributed by atoms with Crippen LogP contribution in [0.5, 0.6) is 11.5 Å². The van der Waals surface area contributed by atoms with Gasteiger partial charge in [-0.15, -0.1) is 0 Å². The summed E-state index contributed by atoms with van der Waals surface area (Å²) in [6.45, 7) is 3.53. The Labute approximate surface area is 106 Å². The summed E-state index contributed by atoms with van der Waals surface area (Å²) in [5.74, 6) is 0.270. The summed E-state index contributed by atoms with van der Waals surface area (Å²) >= 11 is 0. The number of carbonyl (C=O) groups is 1. The fourth-order valence-corrected chi connectivity index (χ4v) is 1.72. The summed E-state index contributed by atoms with van der Waals surface area (Å²) < 4.78 is 5.27. The zero-order valence-electron chi connectivity index (χ0n) is 10.3. The molecule has 0 bridgehead atoms. The molecule has 3 nitrogen and oxygen atoms in total. The van der Waals surface area contributed by atoms with Crippen LogP contribution in [0.25, 0.3) is 0 Å². The van der Waals surface area contributed by atoms with Crippen molar-refractivity contribution < 1.29 is 14.6 Å². The second-order valence-electron chi connectivity index (χ2n) is 4.16. The van der Waals surface area contributed by atoms with Gasteiger partial charge in [-0.1, -0.05) is 18.2 Å². The van der Waals surface area contributed by atoms with Crippen molar-refractivity contribution in [3.63, 3.8) is 0 Å². The highest BCUT2D eigenvalue weighted by Crippen LogP contribution is 2.27. The predicted molar refractivity (Wildman–Crippen MR) is 69.0 cm³/mol. The fraction of sp³-hybridized carbons (Fsp3) is 0.133. The van der Waals surface area contributed by atoms with Crippen molar-refractivity contribution >= 4 is 5.97 Å². The van der Waals surface area contributed by atoms with E-state index in [1.807, 2.05) is 6.07 Å². The maximum atomic E-state index is 11.8. The van der Waals surface area contributed by atoms with Crippen molar-refractivity contribution in [3.8, 4) is 11.5 Å². The molecule has 0 fully saturated rings. The van der Waals surface area contributed by atoms with Crippen molar-refractivity contribution in [3.05, 3.63) is 59.2 Å². The molecule has 0 unspecified atom stereocenters. The number of ether oxygens (including phenoxy) is 1. The quantitative estimate of drug-likeness (QED) is 0.649. The van der Waals surface area contributed by atoms with Crippen LogP contribution < -0.4 is 4.74 Å². The standard InChI is InChI=1S/C15H14O3/c1-10-8-13(9-11(2)14(10)16)18-15(17)12-6-4-3-5-7-12/h3-9,16H,1-2H3. The van der Waals surface area contributed by atoms with E-state index in [1.54, 1.807) is 50.2 Å². The summed E-state index contributed by atoms with van der Waals surface area (Å²) in [5.41, 5.74) is 1.87. The van der Waals surface area contributed by atoms with Gasteiger partial charge in [0, 0.05) is 0 Å². The van der Waals surface area contributed by atoms with Gasteiger partial charge in [0.25, 0.3) is 0 Å². The van der Waals surface area contributed by atoms with Gasteiger partial charge in [0.05, 0.1) is 5.56 Å². The number of rotatable bonds is 2. The lowest BCUT2D eigenvalue weighted by molar-refractivity contribution is 0.0734. The summed E-state index contributed by atoms with van der Waals surface area (Å²) in [7, 11) is 0. The monoisotopic (exact) mass is 242 g/mol. The maximum Gasteiger partial charge on any atom is 0.343 e. The summed E-state index contributed by atoms with van der Waals surface area (Å²) in [5, 5.41) is 9.64. The molecule has 0 atom stereocenters. The molecule has 0 aliphatic carbocycles. The molecule has 18 heavy (non-hydrogen) atoms. The Bertz CT molecular complexity index is 551. The van der Waals surface area contributed by atoms with Gasteiger partial charge >= 0.3 is 5.97 Å². The second-order valence-corrected chi connectivity index (χ2v) is 4.16. The first-order valence-electron chi connectivity index (χ1n) is 5.65. The molecule has 0 aliphatic heterocycles. The third-order valence-electron chi connectivity index (χ3n) is 2.68. The van der Waals surface area contributed by atoms with Gasteiger partial charge in [-0.2, -0.15) is 0 Å². The Kier molecular flexibility index (Phi) is 3.33. The van der Waals surface area contributed by atoms with Gasteiger partial charge in [-0.3, -0.25) is 0 Å². The van der Waals surface area contributed by atoms with E-state index in [2.05, 4.69) is 0 Å². The molecule has 0 saturated carbocycles. The number of aryl methyl sites for hydroxylation is 2. The molecule has 2 aromatic carbocycles. The molecular weight excluding hydrogens is 228 g/mol. The highest BCUT2D eigenvalue weighted by atomic mass is 16.5. The van der Waals surface area contributed by atoms with Crippen molar-refractivity contribution in [1.82, 2.24) is 0 Å². The smallest absolute Gasteiger partial charge is 0.343 e. The van der Waals surface area contributed by atoms with E-state index in [0.29, 0.717) is 22.4 Å². The minimum Gasteiger partial charge on any atom is -0.507 e. The molecule has 2 rings (SSSR count). The number of esters is 1. The van der Waals surface area contributed by atoms with Crippen molar-refractivity contribution in [2.45, 2.75) is 13.8 Å². The van der Waals surface area contributed by atoms with Crippen LogP contribution in [0.2, 0.25) is 0 Å². The average Bonchev–Trinajstić information content (AvgIpc) is 2.37. The number of aromatic hydroxyl groups is 1. The summed E-state index contributed by atoms with van der Waals surface area (Å²) in [6, 6.07) is 12.1. The molecule has 0 heterocycles. The van der Waals surface area contributed by atoms with Gasteiger partial charge in [0.1, 0.15) is 11.5 Å². The Morgan fingerprint density at radius 3 is 2.17 bits per heavy atom. The van der Waals surface area contributed by atoms with Crippen LogP contribution in [0, 0.1) is 13.8 Å². The van der Waals surface area contributed by atoms with Crippen LogP contribution in [0.15, 0.2) is 42.5 Å². The van der Waals surface area contributed by atoms with Crippen LogP contribution in [0.3, 0.4) is 0 Å². The van der Waals surface area contributed by atoms with Crippen LogP contribution in [-0.2, 0) is 0 Å². The number of benzene rings is 2. The molecule has 0 saturated heterocycles. The van der Waals surface area contributed by atoms with Crippen molar-refractivity contribution in [2.75, 3.05) is 0 Å². The topological polar surface area (TPSA) is 46.5 Å². The molecule has 0 spiro atoms. The van der Waals surface area contributed by atoms with E-state index < -0.39 is 5.97 Å². The number of hydrogen-bond donors (Lipinski definition) is 1. The number of hydrogen-bond acceptors (Lipinski definition) is 3. The van der Waals surface area contributed by atoms with E-state index in [0.717, 1.165) is 0 Å². The van der Waals surface area contributed by atoms with Crippen LogP contribution >= 0.6 is 0 Å². The Morgan fingerprint density at radius 2 is 1.61 bits per heavy atom. The average molecular weight is 242 g/mol. The molecule has 2 aromatic rings. The molecular formula is C15H14O3. The molecule has 0 aliphatic rings. The van der Waals surface area contributed by atoms with Gasteiger partial charge in [-0.05, 0) is 49.2 Å². The van der Waals surface area contributed by atoms with Crippen LogP contribution in [0.4, 0.5) is 0 Å². The molecule has 0 radical (unpaired) electrons. The number of phenolic OH excluding ortho intramolecular Hbond substituents is 1. The third-order valence-corrected chi connectivity index (χ3v) is 2.68. The Hall–Kier alpha value is -2.29. The summed E-state index contributed by atoms with van der Waals surface area (Å²) in [4.78, 5) is 11.8. The zero-order chi connectivity index (χ0) is 13.1. The Morgan fingerprint density at radius 1 is 1.06 bits per heavy atom. The van der Waals surface area contributed by atoms with Gasteiger partial charge < -0.3 is 9.84 Å². The van der Waals surface area contributed by atoms with E-state index >= 15 is 0 Å². The lowest BCUT2D eigenvalue weighted by Gasteiger charge is -2.08. The van der Waals surface area contributed by atoms with Crippen LogP contribution in [-0.4, -0.2) is 11.1 Å². The summed E-state index contributed by atoms with van der Waals surface area (Å²) in [6.07, 6.45) is 0. The highest BCUT2D eigenvalue weighted by molar-refractivity contribution is 5.91. The molecule has 3 heteroatoms. The second kappa shape index (κ2) is 4.92. The highest BCUT2D eigenvalue weighted by Gasteiger charge is 2.10. The third kappa shape index (κ3) is 2.51. The molecule has 92 valence electrons. The lowest BCUT2D eigenvalue weighted by atomic mass is 10.1. The van der Waals surface area contributed by atoms with Crippen molar-refractivity contribution in [2.24, 2.45) is 0 Å². The maximum absolute atomic E-state index is 11.8. The zero-order valence-corrected chi connectivity index (χ0v) is 10.3. The van der Waals surface area contributed by atoms with Crippen LogP contribution in [0.1, 0.15) is 21.5 Å². The first-order valence-corrected chi connectivity index (χ1v) is 5.65. The molecule has 1 N–H and O–H groups in total. The fourth-order valence-electron chi connectivity index (χ4n) is 1.72. The minimum absolute atomic E-state index is 0.231.